The highest BCUT2D eigenvalue weighted by Crippen LogP contribution is 2.53. The van der Waals surface area contributed by atoms with E-state index in [9.17, 15) is 0 Å². The first-order valence-electron chi connectivity index (χ1n) is 24.3. The Bertz CT molecular complexity index is 3680. The van der Waals surface area contributed by atoms with Gasteiger partial charge in [0.25, 0.3) is 0 Å². The van der Waals surface area contributed by atoms with Crippen LogP contribution >= 0.6 is 0 Å². The van der Waals surface area contributed by atoms with Crippen LogP contribution in [0, 0.1) is 6.92 Å². The average Bonchev–Trinajstić information content (AvgIpc) is 3.93. The van der Waals surface area contributed by atoms with Crippen molar-refractivity contribution in [1.29, 1.82) is 0 Å². The maximum atomic E-state index is 2.49. The summed E-state index contributed by atoms with van der Waals surface area (Å²) >= 11 is 0. The standard InChI is InChI=1S/C67H52N2/c1-43-36-49(68(50-30-34-56-54-22-12-15-25-60(54)66(2,3)62(56)41-50)51-31-35-57-55-23-13-16-26-61(55)67(4,5)63(57)42-51)29-33-53(43)46-28-32-59-58-24-14-17-27-64(58)69(65(59)40-46)52-38-47(44-18-8-6-9-19-44)37-48(39-52)45-20-10-7-11-21-45/h6-42H,1-5H3. The maximum absolute atomic E-state index is 2.49. The van der Waals surface area contributed by atoms with Crippen molar-refractivity contribution in [2.75, 3.05) is 4.90 Å². The van der Waals surface area contributed by atoms with E-state index in [2.05, 4.69) is 269 Å². The van der Waals surface area contributed by atoms with Gasteiger partial charge in [-0.3, -0.25) is 0 Å². The minimum absolute atomic E-state index is 0.123. The van der Waals surface area contributed by atoms with Crippen LogP contribution in [0.4, 0.5) is 17.1 Å². The Hall–Kier alpha value is -8.20. The Balaban J connectivity index is 0.963. The predicted octanol–water partition coefficient (Wildman–Crippen LogP) is 18.2. The van der Waals surface area contributed by atoms with Crippen molar-refractivity contribution in [1.82, 2.24) is 4.57 Å². The topological polar surface area (TPSA) is 8.17 Å². The molecule has 2 nitrogen and oxygen atoms in total. The lowest BCUT2D eigenvalue weighted by molar-refractivity contribution is 0.660. The molecule has 0 atom stereocenters. The minimum atomic E-state index is -0.123. The lowest BCUT2D eigenvalue weighted by Crippen LogP contribution is -2.18. The van der Waals surface area contributed by atoms with Crippen LogP contribution in [0.5, 0.6) is 0 Å². The Kier molecular flexibility index (Phi) is 9.17. The molecule has 0 fully saturated rings. The molecule has 330 valence electrons. The third kappa shape index (κ3) is 6.39. The van der Waals surface area contributed by atoms with Gasteiger partial charge in [-0.1, -0.05) is 185 Å². The molecule has 0 aliphatic heterocycles. The highest BCUT2D eigenvalue weighted by atomic mass is 15.1. The highest BCUT2D eigenvalue weighted by molar-refractivity contribution is 6.10. The zero-order valence-electron chi connectivity index (χ0n) is 39.8. The molecular weight excluding hydrogens is 833 g/mol. The third-order valence-electron chi connectivity index (χ3n) is 15.5. The van der Waals surface area contributed by atoms with Gasteiger partial charge in [0, 0.05) is 44.4 Å². The molecule has 2 aliphatic carbocycles. The molecule has 69 heavy (non-hydrogen) atoms. The van der Waals surface area contributed by atoms with Gasteiger partial charge < -0.3 is 9.47 Å². The van der Waals surface area contributed by atoms with E-state index in [0.717, 1.165) is 22.7 Å². The summed E-state index contributed by atoms with van der Waals surface area (Å²) in [7, 11) is 0. The molecule has 0 saturated carbocycles. The second-order valence-electron chi connectivity index (χ2n) is 20.2. The molecule has 2 heteroatoms. The first-order chi connectivity index (χ1) is 33.6. The number of rotatable bonds is 7. The monoisotopic (exact) mass is 884 g/mol. The van der Waals surface area contributed by atoms with Gasteiger partial charge in [0.05, 0.1) is 11.0 Å². The number of benzene rings is 10. The van der Waals surface area contributed by atoms with E-state index in [-0.39, 0.29) is 10.8 Å². The number of hydrogen-bond donors (Lipinski definition) is 0. The van der Waals surface area contributed by atoms with Gasteiger partial charge in [0.2, 0.25) is 0 Å². The summed E-state index contributed by atoms with van der Waals surface area (Å²) in [4.78, 5) is 2.49. The number of nitrogens with zero attached hydrogens (tertiary/aromatic N) is 2. The van der Waals surface area contributed by atoms with Crippen molar-refractivity contribution < 1.29 is 0 Å². The van der Waals surface area contributed by atoms with Gasteiger partial charge in [0.1, 0.15) is 0 Å². The summed E-state index contributed by atoms with van der Waals surface area (Å²) < 4.78 is 2.47. The molecule has 0 amide bonds. The van der Waals surface area contributed by atoms with Crippen LogP contribution in [-0.4, -0.2) is 4.57 Å². The molecule has 0 N–H and O–H groups in total. The Morgan fingerprint density at radius 1 is 0.319 bits per heavy atom. The van der Waals surface area contributed by atoms with Crippen LogP contribution in [0.1, 0.15) is 55.5 Å². The summed E-state index contributed by atoms with van der Waals surface area (Å²) in [6.45, 7) is 11.8. The molecule has 0 radical (unpaired) electrons. The molecular formula is C67H52N2. The number of anilines is 3. The van der Waals surface area contributed by atoms with Gasteiger partial charge in [-0.15, -0.1) is 0 Å². The number of hydrogen-bond acceptors (Lipinski definition) is 1. The Morgan fingerprint density at radius 3 is 1.35 bits per heavy atom. The molecule has 1 aromatic heterocycles. The second kappa shape index (κ2) is 15.4. The van der Waals surface area contributed by atoms with Crippen molar-refractivity contribution >= 4 is 38.9 Å². The van der Waals surface area contributed by atoms with Crippen LogP contribution in [0.2, 0.25) is 0 Å². The van der Waals surface area contributed by atoms with Gasteiger partial charge in [-0.05, 0) is 157 Å². The smallest absolute Gasteiger partial charge is 0.0547 e. The van der Waals surface area contributed by atoms with Crippen molar-refractivity contribution in [3.63, 3.8) is 0 Å². The molecule has 13 rings (SSSR count). The van der Waals surface area contributed by atoms with Gasteiger partial charge in [-0.25, -0.2) is 0 Å². The number of para-hydroxylation sites is 1. The zero-order valence-corrected chi connectivity index (χ0v) is 39.8. The fourth-order valence-corrected chi connectivity index (χ4v) is 12.0. The largest absolute Gasteiger partial charge is 0.310 e. The normalized spacial score (nSPS) is 13.8. The first-order valence-corrected chi connectivity index (χ1v) is 24.3. The van der Waals surface area contributed by atoms with Crippen LogP contribution in [0.25, 0.3) is 83.1 Å². The van der Waals surface area contributed by atoms with E-state index >= 15 is 0 Å². The number of aryl methyl sites for hydroxylation is 1. The predicted molar refractivity (Wildman–Crippen MR) is 292 cm³/mol. The van der Waals surface area contributed by atoms with E-state index in [0.29, 0.717) is 0 Å². The van der Waals surface area contributed by atoms with Crippen molar-refractivity contribution in [2.45, 2.75) is 45.4 Å². The summed E-state index contributed by atoms with van der Waals surface area (Å²) in [5.74, 6) is 0. The molecule has 10 aromatic carbocycles. The van der Waals surface area contributed by atoms with E-state index in [1.807, 2.05) is 0 Å². The van der Waals surface area contributed by atoms with E-state index in [1.54, 1.807) is 0 Å². The maximum Gasteiger partial charge on any atom is 0.0547 e. The Labute approximate surface area is 405 Å². The minimum Gasteiger partial charge on any atom is -0.310 e. The summed E-state index contributed by atoms with van der Waals surface area (Å²) in [5.41, 5.74) is 26.0. The lowest BCUT2D eigenvalue weighted by Gasteiger charge is -2.30. The Morgan fingerprint density at radius 2 is 0.783 bits per heavy atom. The van der Waals surface area contributed by atoms with Crippen LogP contribution in [0.15, 0.2) is 224 Å². The SMILES string of the molecule is Cc1cc(N(c2ccc3c(c2)C(C)(C)c2ccccc2-3)c2ccc3c(c2)C(C)(C)c2ccccc2-3)ccc1-c1ccc2c3ccccc3n(-c3cc(-c4ccccc4)cc(-c4ccccc4)c3)c2c1. The quantitative estimate of drug-likeness (QED) is 0.155. The fourth-order valence-electron chi connectivity index (χ4n) is 12.0. The number of aromatic nitrogens is 1. The second-order valence-corrected chi connectivity index (χ2v) is 20.2. The summed E-state index contributed by atoms with van der Waals surface area (Å²) in [6, 6.07) is 83.6. The molecule has 11 aromatic rings. The number of fused-ring (bicyclic) bond motifs is 9. The lowest BCUT2D eigenvalue weighted by atomic mass is 9.82. The fraction of sp³-hybridized carbons (Fsp3) is 0.104. The van der Waals surface area contributed by atoms with Crippen LogP contribution in [0.3, 0.4) is 0 Å². The van der Waals surface area contributed by atoms with E-state index < -0.39 is 0 Å². The average molecular weight is 885 g/mol. The van der Waals surface area contributed by atoms with E-state index in [1.165, 1.54) is 105 Å². The molecule has 0 spiro atoms. The molecule has 0 saturated heterocycles. The van der Waals surface area contributed by atoms with Crippen LogP contribution < -0.4 is 4.90 Å². The van der Waals surface area contributed by atoms with Gasteiger partial charge in [0.15, 0.2) is 0 Å². The highest BCUT2D eigenvalue weighted by Gasteiger charge is 2.38. The van der Waals surface area contributed by atoms with Gasteiger partial charge >= 0.3 is 0 Å². The van der Waals surface area contributed by atoms with Crippen LogP contribution in [-0.2, 0) is 10.8 Å². The summed E-state index contributed by atoms with van der Waals surface area (Å²) in [6.07, 6.45) is 0. The third-order valence-corrected chi connectivity index (χ3v) is 15.5. The zero-order chi connectivity index (χ0) is 46.6. The van der Waals surface area contributed by atoms with Crippen molar-refractivity contribution in [2.24, 2.45) is 0 Å². The molecule has 0 unspecified atom stereocenters. The molecule has 1 heterocycles. The first kappa shape index (κ1) is 41.0. The van der Waals surface area contributed by atoms with Crippen molar-refractivity contribution in [3.8, 4) is 61.3 Å². The summed E-state index contributed by atoms with van der Waals surface area (Å²) in [5, 5.41) is 2.49. The molecule has 0 bridgehead atoms. The van der Waals surface area contributed by atoms with E-state index in [4.69, 9.17) is 0 Å². The van der Waals surface area contributed by atoms with Gasteiger partial charge in [-0.2, -0.15) is 0 Å². The van der Waals surface area contributed by atoms with Crippen molar-refractivity contribution in [3.05, 3.63) is 252 Å². The molecule has 2 aliphatic rings.